The molecule has 4 N–H and O–H groups in total. The Morgan fingerprint density at radius 1 is 1.15 bits per heavy atom. The van der Waals surface area contributed by atoms with Gasteiger partial charge in [0, 0.05) is 15.7 Å². The molecule has 0 saturated carbocycles. The second-order valence-corrected chi connectivity index (χ2v) is 11.1. The van der Waals surface area contributed by atoms with E-state index in [0.717, 1.165) is 12.1 Å². The molecule has 8 nitrogen and oxygen atoms in total. The van der Waals surface area contributed by atoms with E-state index in [0.29, 0.717) is 5.02 Å². The summed E-state index contributed by atoms with van der Waals surface area (Å²) < 4.78 is 49.6. The summed E-state index contributed by atoms with van der Waals surface area (Å²) >= 11 is 0.441. The summed E-state index contributed by atoms with van der Waals surface area (Å²) in [5.41, 5.74) is 0.285. The molecule has 0 aliphatic rings. The molecule has 0 atom stereocenters. The molecule has 2 rings (SSSR count). The summed E-state index contributed by atoms with van der Waals surface area (Å²) in [6, 6.07) is 9.29. The van der Waals surface area contributed by atoms with Gasteiger partial charge in [0.15, 0.2) is 0 Å². The van der Waals surface area contributed by atoms with E-state index in [9.17, 15) is 22.1 Å². The zero-order valence-corrected chi connectivity index (χ0v) is 17.3. The van der Waals surface area contributed by atoms with Crippen LogP contribution in [0.2, 0.25) is 5.02 Å². The van der Waals surface area contributed by atoms with Crippen molar-refractivity contribution < 1.29 is 30.2 Å². The van der Waals surface area contributed by atoms with Crippen LogP contribution in [0.4, 0.5) is 5.69 Å². The fraction of sp³-hybridized carbons (Fsp3) is 0.0714. The third kappa shape index (κ3) is 7.41. The predicted octanol–water partition coefficient (Wildman–Crippen LogP) is 1.18. The number of phenolic OH excluding ortho intramolecular Hbond substituents is 1. The van der Waals surface area contributed by atoms with Crippen molar-refractivity contribution in [3.8, 4) is 5.75 Å². The van der Waals surface area contributed by atoms with E-state index in [4.69, 9.17) is 30.5 Å². The number of hydrogen-bond donors (Lipinski definition) is 4. The van der Waals surface area contributed by atoms with Crippen LogP contribution < -0.4 is 9.67 Å². The van der Waals surface area contributed by atoms with Crippen LogP contribution in [0.3, 0.4) is 0 Å². The number of anilines is 1. The molecule has 0 unspecified atom stereocenters. The molecule has 0 bridgehead atoms. The van der Waals surface area contributed by atoms with Gasteiger partial charge in [-0.2, -0.15) is 0 Å². The third-order valence-electron chi connectivity index (χ3n) is 2.69. The largest absolute Gasteiger partial charge is 0.261 e. The molecule has 2 aromatic carbocycles. The number of carbonyl (C=O) groups is 1. The first-order chi connectivity index (χ1) is 11.8. The molecule has 26 heavy (non-hydrogen) atoms. The predicted molar refractivity (Wildman–Crippen MR) is 97.4 cm³/mol. The number of phenols is 1. The Bertz CT molecular complexity index is 960. The minimum absolute atomic E-state index is 0.0201. The topological polar surface area (TPSA) is 141 Å². The number of amides is 1. The van der Waals surface area contributed by atoms with Crippen molar-refractivity contribution >= 4 is 61.5 Å². The number of halogens is 2. The maximum absolute atomic E-state index is 10.9. The van der Waals surface area contributed by atoms with Crippen LogP contribution in [0, 0.1) is 0 Å². The van der Waals surface area contributed by atoms with Gasteiger partial charge in [0.25, 0.3) is 9.05 Å². The zero-order chi connectivity index (χ0) is 20.1. The maximum Gasteiger partial charge on any atom is 0.261 e. The first-order valence-corrected chi connectivity index (χ1v) is 12.7. The Balaban J connectivity index is 0.000000273. The molecular formula is C14H14AsCl2NO7S. The van der Waals surface area contributed by atoms with Gasteiger partial charge in [-0.1, -0.05) is 17.7 Å². The Kier molecular flexibility index (Phi) is 7.76. The van der Waals surface area contributed by atoms with Gasteiger partial charge in [-0.15, -0.1) is 0 Å². The normalized spacial score (nSPS) is 11.3. The molecule has 0 fully saturated rings. The van der Waals surface area contributed by atoms with Crippen LogP contribution in [0.5, 0.6) is 5.75 Å². The van der Waals surface area contributed by atoms with E-state index in [1.165, 1.54) is 31.2 Å². The quantitative estimate of drug-likeness (QED) is 0.377. The van der Waals surface area contributed by atoms with Gasteiger partial charge in [0.05, 0.1) is 4.90 Å². The summed E-state index contributed by atoms with van der Waals surface area (Å²) in [6.07, 6.45) is 0. The second-order valence-electron chi connectivity index (χ2n) is 4.82. The Hall–Kier alpha value is -1.48. The van der Waals surface area contributed by atoms with Crippen molar-refractivity contribution in [3.63, 3.8) is 0 Å². The monoisotopic (exact) mass is 485 g/mol. The van der Waals surface area contributed by atoms with Gasteiger partial charge in [-0.25, -0.2) is 8.42 Å². The SMILES string of the molecule is CC(=O)Nc1ccc([As](=O)(O)O)c(O)c1.O=S(=O)(Cl)c1cccc(Cl)c1. The average Bonchev–Trinajstić information content (AvgIpc) is 2.45. The summed E-state index contributed by atoms with van der Waals surface area (Å²) in [4.78, 5) is 10.7. The third-order valence-corrected chi connectivity index (χ3v) is 6.38. The van der Waals surface area contributed by atoms with E-state index in [2.05, 4.69) is 5.32 Å². The number of nitrogens with one attached hydrogen (secondary N) is 1. The minimum Gasteiger partial charge on any atom is -0.207 e. The molecule has 0 aliphatic carbocycles. The van der Waals surface area contributed by atoms with Crippen LogP contribution in [0.15, 0.2) is 47.4 Å². The standard InChI is InChI=1S/C8H10AsNO5.C6H4Cl2O2S/c1-5(11)10-6-2-3-7(8(12)4-6)9(13,14)15;7-5-2-1-3-6(4-5)11(8,9)10/h2-4,12H,1H3,(H,10,11)(H2,13,14,15);1-4H. The summed E-state index contributed by atoms with van der Waals surface area (Å²) in [5.74, 6) is -0.850. The molecule has 0 spiro atoms. The van der Waals surface area contributed by atoms with Gasteiger partial charge < -0.3 is 0 Å². The molecule has 0 aromatic heterocycles. The Morgan fingerprint density at radius 3 is 2.15 bits per heavy atom. The fourth-order valence-electron chi connectivity index (χ4n) is 1.67. The van der Waals surface area contributed by atoms with Crippen LogP contribution in [0.1, 0.15) is 6.92 Å². The number of carbonyl (C=O) groups excluding carboxylic acids is 1. The second kappa shape index (κ2) is 8.94. The first-order valence-electron chi connectivity index (χ1n) is 6.67. The van der Waals surface area contributed by atoms with Gasteiger partial charge in [-0.05, 0) is 18.2 Å². The van der Waals surface area contributed by atoms with Gasteiger partial charge >= 0.3 is 88.1 Å². The fourth-order valence-corrected chi connectivity index (χ4v) is 4.05. The summed E-state index contributed by atoms with van der Waals surface area (Å²) in [5, 5.41) is 12.0. The molecule has 0 heterocycles. The summed E-state index contributed by atoms with van der Waals surface area (Å²) in [6.45, 7) is 1.29. The van der Waals surface area contributed by atoms with E-state index < -0.39 is 33.3 Å². The number of aromatic hydroxyl groups is 1. The molecule has 1 amide bonds. The summed E-state index contributed by atoms with van der Waals surface area (Å²) in [7, 11) is 1.41. The maximum atomic E-state index is 10.9. The van der Waals surface area contributed by atoms with Crippen LogP contribution in [-0.4, -0.2) is 41.8 Å². The number of rotatable bonds is 3. The van der Waals surface area contributed by atoms with E-state index >= 15 is 0 Å². The van der Waals surface area contributed by atoms with Crippen molar-refractivity contribution in [3.05, 3.63) is 47.5 Å². The van der Waals surface area contributed by atoms with Crippen molar-refractivity contribution in [2.24, 2.45) is 0 Å². The molecular weight excluding hydrogens is 472 g/mol. The average molecular weight is 486 g/mol. The van der Waals surface area contributed by atoms with E-state index in [1.54, 1.807) is 6.07 Å². The van der Waals surface area contributed by atoms with E-state index in [1.807, 2.05) is 0 Å². The molecule has 0 radical (unpaired) electrons. The van der Waals surface area contributed by atoms with Crippen LogP contribution in [-0.2, 0) is 17.6 Å². The van der Waals surface area contributed by atoms with Gasteiger partial charge in [-0.3, -0.25) is 0 Å². The Labute approximate surface area is 161 Å². The zero-order valence-electron chi connectivity index (χ0n) is 13.1. The van der Waals surface area contributed by atoms with Crippen molar-refractivity contribution in [2.75, 3.05) is 5.32 Å². The molecule has 0 saturated heterocycles. The van der Waals surface area contributed by atoms with Crippen molar-refractivity contribution in [1.82, 2.24) is 0 Å². The smallest absolute Gasteiger partial charge is 0.207 e. The van der Waals surface area contributed by atoms with Crippen LogP contribution in [0.25, 0.3) is 0 Å². The molecule has 12 heteroatoms. The Morgan fingerprint density at radius 2 is 1.77 bits per heavy atom. The van der Waals surface area contributed by atoms with Crippen molar-refractivity contribution in [2.45, 2.75) is 11.8 Å². The molecule has 2 aromatic rings. The van der Waals surface area contributed by atoms with Gasteiger partial charge in [0.1, 0.15) is 0 Å². The number of benzene rings is 2. The van der Waals surface area contributed by atoms with Crippen LogP contribution >= 0.6 is 22.3 Å². The first kappa shape index (κ1) is 22.6. The molecule has 142 valence electrons. The van der Waals surface area contributed by atoms with Crippen molar-refractivity contribution in [1.29, 1.82) is 0 Å². The number of hydrogen-bond acceptors (Lipinski definition) is 5. The molecule has 0 aliphatic heterocycles. The van der Waals surface area contributed by atoms with E-state index in [-0.39, 0.29) is 16.5 Å². The van der Waals surface area contributed by atoms with Gasteiger partial charge in [0.2, 0.25) is 0 Å². The minimum atomic E-state index is -5.09.